The molecule has 4 heteroatoms. The second-order valence-corrected chi connectivity index (χ2v) is 14.3. The van der Waals surface area contributed by atoms with Crippen LogP contribution < -0.4 is 16.0 Å². The van der Waals surface area contributed by atoms with E-state index in [1.54, 1.807) is 16.8 Å². The quantitative estimate of drug-likeness (QED) is 0.473. The minimum absolute atomic E-state index is 0.187. The number of fused-ring (bicyclic) bond motifs is 1. The number of nitrogens with one attached hydrogen (secondary N) is 3. The van der Waals surface area contributed by atoms with Crippen LogP contribution >= 0.6 is 0 Å². The summed E-state index contributed by atoms with van der Waals surface area (Å²) in [5, 5.41) is 12.4. The van der Waals surface area contributed by atoms with E-state index in [2.05, 4.69) is 42.1 Å². The summed E-state index contributed by atoms with van der Waals surface area (Å²) in [7, 11) is 0. The smallest absolute Gasteiger partial charge is 0.0529 e. The minimum Gasteiger partial charge on any atom is -0.381 e. The summed E-state index contributed by atoms with van der Waals surface area (Å²) in [5.74, 6) is 5.04. The van der Waals surface area contributed by atoms with E-state index in [-0.39, 0.29) is 5.54 Å². The van der Waals surface area contributed by atoms with Crippen LogP contribution in [0.1, 0.15) is 107 Å². The maximum absolute atomic E-state index is 5.21. The van der Waals surface area contributed by atoms with Crippen LogP contribution in [-0.2, 0) is 12.0 Å². The lowest BCUT2D eigenvalue weighted by Gasteiger charge is -2.59. The zero-order chi connectivity index (χ0) is 24.1. The first-order valence-electron chi connectivity index (χ1n) is 15.5. The van der Waals surface area contributed by atoms with Crippen molar-refractivity contribution in [3.63, 3.8) is 0 Å². The summed E-state index contributed by atoms with van der Waals surface area (Å²) >= 11 is 0. The third-order valence-electron chi connectivity index (χ3n) is 12.2. The molecule has 0 amide bonds. The molecule has 4 bridgehead atoms. The number of nitrogens with zero attached hydrogens (tertiary/aromatic N) is 1. The number of hydrogen-bond donors (Lipinski definition) is 3. The van der Waals surface area contributed by atoms with Gasteiger partial charge in [-0.1, -0.05) is 13.8 Å². The molecule has 9 atom stereocenters. The maximum Gasteiger partial charge on any atom is 0.0529 e. The molecule has 1 aromatic heterocycles. The van der Waals surface area contributed by atoms with Crippen molar-refractivity contribution in [3.8, 4) is 0 Å². The van der Waals surface area contributed by atoms with Gasteiger partial charge in [-0.2, -0.15) is 0 Å². The largest absolute Gasteiger partial charge is 0.381 e. The topological polar surface area (TPSA) is 49.0 Å². The highest BCUT2D eigenvalue weighted by Gasteiger charge is 2.56. The van der Waals surface area contributed by atoms with Crippen LogP contribution in [0.5, 0.6) is 0 Å². The summed E-state index contributed by atoms with van der Waals surface area (Å²) in [4.78, 5) is 5.21. The molecule has 4 heterocycles. The van der Waals surface area contributed by atoms with Crippen LogP contribution in [0.4, 0.5) is 0 Å². The van der Waals surface area contributed by atoms with E-state index in [1.807, 2.05) is 0 Å². The van der Waals surface area contributed by atoms with Crippen LogP contribution in [0.2, 0.25) is 0 Å². The second kappa shape index (κ2) is 8.06. The number of hydrogen-bond acceptors (Lipinski definition) is 4. The summed E-state index contributed by atoms with van der Waals surface area (Å²) in [5.41, 5.74) is 8.31. The monoisotopic (exact) mass is 486 g/mol. The summed E-state index contributed by atoms with van der Waals surface area (Å²) in [6.07, 6.45) is 18.3. The molecule has 0 unspecified atom stereocenters. The average molecular weight is 487 g/mol. The van der Waals surface area contributed by atoms with Crippen molar-refractivity contribution in [2.24, 2.45) is 35.5 Å². The Hall–Kier alpha value is -1.39. The Bertz CT molecular complexity index is 1090. The molecule has 36 heavy (non-hydrogen) atoms. The lowest BCUT2D eigenvalue weighted by molar-refractivity contribution is 0.00790. The fourth-order valence-corrected chi connectivity index (χ4v) is 11.2. The molecule has 2 saturated carbocycles. The SMILES string of the molecule is C[C@H]1C[C@@H]2CC3=C(CC[C@@H](c4cnc5c(c4)[C@]46C[C@@H](C)C[C@H](C5)[C@@H]4CCCN6)N3)[C@@]3(C1)NCCC[C@@H]23. The van der Waals surface area contributed by atoms with E-state index in [0.717, 1.165) is 35.5 Å². The molecular weight excluding hydrogens is 440 g/mol. The highest BCUT2D eigenvalue weighted by atomic mass is 15.1. The van der Waals surface area contributed by atoms with Crippen molar-refractivity contribution in [2.45, 2.75) is 108 Å². The number of allylic oxidation sites excluding steroid dienone is 1. The number of aromatic nitrogens is 1. The summed E-state index contributed by atoms with van der Waals surface area (Å²) in [6.45, 7) is 7.38. The molecule has 3 aliphatic heterocycles. The highest BCUT2D eigenvalue weighted by molar-refractivity contribution is 5.42. The van der Waals surface area contributed by atoms with Gasteiger partial charge in [0, 0.05) is 28.7 Å². The molecule has 194 valence electrons. The zero-order valence-electron chi connectivity index (χ0n) is 22.5. The van der Waals surface area contributed by atoms with Crippen molar-refractivity contribution in [2.75, 3.05) is 13.1 Å². The van der Waals surface area contributed by atoms with Gasteiger partial charge >= 0.3 is 0 Å². The molecule has 1 aromatic rings. The third-order valence-corrected chi connectivity index (χ3v) is 12.2. The van der Waals surface area contributed by atoms with Gasteiger partial charge in [-0.15, -0.1) is 0 Å². The Kier molecular flexibility index (Phi) is 5.05. The van der Waals surface area contributed by atoms with Gasteiger partial charge < -0.3 is 16.0 Å². The summed E-state index contributed by atoms with van der Waals surface area (Å²) in [6, 6.07) is 3.05. The van der Waals surface area contributed by atoms with Gasteiger partial charge in [-0.25, -0.2) is 0 Å². The van der Waals surface area contributed by atoms with Crippen LogP contribution in [-0.4, -0.2) is 23.6 Å². The predicted octanol–water partition coefficient (Wildman–Crippen LogP) is 5.75. The third kappa shape index (κ3) is 3.09. The Morgan fingerprint density at radius 3 is 2.36 bits per heavy atom. The van der Waals surface area contributed by atoms with Gasteiger partial charge in [0.2, 0.25) is 0 Å². The van der Waals surface area contributed by atoms with Gasteiger partial charge in [-0.3, -0.25) is 4.98 Å². The fraction of sp³-hybridized carbons (Fsp3) is 0.781. The standard InChI is InChI=1S/C32H46N4/c1-19-12-22-15-30-26(31(16-19)24(22)5-3-9-34-31)7-8-28(36-30)23-13-27-29(33-18-23)14-21-11-20(2)17-32(27)25(21)6-4-10-35-32/h13,18-22,24-25,28,34-36H,3-12,14-17H2,1-2H3/t19-,20-,21+,22+,24-,25-,28-,31-,32-/m0/s1. The Morgan fingerprint density at radius 2 is 1.56 bits per heavy atom. The van der Waals surface area contributed by atoms with Gasteiger partial charge in [0.15, 0.2) is 0 Å². The summed E-state index contributed by atoms with van der Waals surface area (Å²) < 4.78 is 0. The van der Waals surface area contributed by atoms with Crippen LogP contribution in [0.3, 0.4) is 0 Å². The first-order valence-corrected chi connectivity index (χ1v) is 15.5. The van der Waals surface area contributed by atoms with Crippen molar-refractivity contribution in [1.29, 1.82) is 0 Å². The van der Waals surface area contributed by atoms with Crippen molar-refractivity contribution < 1.29 is 0 Å². The van der Waals surface area contributed by atoms with Crippen molar-refractivity contribution in [3.05, 3.63) is 40.4 Å². The molecular formula is C32H46N4. The normalized spacial score (nSPS) is 47.1. The van der Waals surface area contributed by atoms with Crippen LogP contribution in [0.15, 0.2) is 23.5 Å². The molecule has 4 fully saturated rings. The lowest BCUT2D eigenvalue weighted by Crippen LogP contribution is -2.64. The first kappa shape index (κ1) is 22.6. The number of pyridine rings is 1. The van der Waals surface area contributed by atoms with Gasteiger partial charge in [0.05, 0.1) is 6.04 Å². The Morgan fingerprint density at radius 1 is 0.861 bits per heavy atom. The van der Waals surface area contributed by atoms with Crippen molar-refractivity contribution in [1.82, 2.24) is 20.9 Å². The second-order valence-electron chi connectivity index (χ2n) is 14.3. The van der Waals surface area contributed by atoms with Gasteiger partial charge in [-0.05, 0) is 148 Å². The molecule has 0 aromatic carbocycles. The van der Waals surface area contributed by atoms with E-state index in [9.17, 15) is 0 Å². The van der Waals surface area contributed by atoms with E-state index in [4.69, 9.17) is 4.98 Å². The maximum atomic E-state index is 5.21. The average Bonchev–Trinajstić information content (AvgIpc) is 2.87. The molecule has 8 rings (SSSR count). The van der Waals surface area contributed by atoms with Gasteiger partial charge in [0.1, 0.15) is 0 Å². The van der Waals surface area contributed by atoms with E-state index < -0.39 is 0 Å². The van der Waals surface area contributed by atoms with E-state index >= 15 is 0 Å². The molecule has 4 nitrogen and oxygen atoms in total. The van der Waals surface area contributed by atoms with E-state index in [1.165, 1.54) is 101 Å². The molecule has 0 radical (unpaired) electrons. The molecule has 4 aliphatic carbocycles. The number of piperidine rings is 2. The van der Waals surface area contributed by atoms with Crippen molar-refractivity contribution >= 4 is 0 Å². The minimum atomic E-state index is 0.187. The molecule has 3 N–H and O–H groups in total. The van der Waals surface area contributed by atoms with E-state index in [0.29, 0.717) is 11.6 Å². The van der Waals surface area contributed by atoms with Crippen LogP contribution in [0, 0.1) is 35.5 Å². The fourth-order valence-electron chi connectivity index (χ4n) is 11.2. The molecule has 7 aliphatic rings. The van der Waals surface area contributed by atoms with Crippen LogP contribution in [0.25, 0.3) is 0 Å². The van der Waals surface area contributed by atoms with Gasteiger partial charge in [0.25, 0.3) is 0 Å². The Balaban J connectivity index is 1.14. The predicted molar refractivity (Wildman–Crippen MR) is 144 cm³/mol. The highest BCUT2D eigenvalue weighted by Crippen LogP contribution is 2.58. The molecule has 0 spiro atoms. The molecule has 2 saturated heterocycles. The zero-order valence-corrected chi connectivity index (χ0v) is 22.5. The number of rotatable bonds is 1. The lowest BCUT2D eigenvalue weighted by atomic mass is 9.53. The first-order chi connectivity index (χ1) is 17.6. The Labute approximate surface area is 217 Å².